The number of methoxy groups -OCH3 is 1. The van der Waals surface area contributed by atoms with Gasteiger partial charge in [-0.3, -0.25) is 4.79 Å². The Bertz CT molecular complexity index is 608. The molecule has 21 heavy (non-hydrogen) atoms. The molecule has 0 saturated heterocycles. The van der Waals surface area contributed by atoms with E-state index in [1.807, 2.05) is 31.2 Å². The number of hydrogen-bond donors (Lipinski definition) is 2. The van der Waals surface area contributed by atoms with E-state index < -0.39 is 0 Å². The van der Waals surface area contributed by atoms with Crippen LogP contribution in [0.3, 0.4) is 0 Å². The Hall–Kier alpha value is -1.92. The van der Waals surface area contributed by atoms with Gasteiger partial charge >= 0.3 is 0 Å². The number of thiazole rings is 1. The molecule has 2 rings (SSSR count). The first kappa shape index (κ1) is 15.5. The summed E-state index contributed by atoms with van der Waals surface area (Å²) < 4.78 is 5.15. The molecule has 112 valence electrons. The maximum Gasteiger partial charge on any atom is 0.226 e. The summed E-state index contributed by atoms with van der Waals surface area (Å²) in [5.41, 5.74) is 7.29. The van der Waals surface area contributed by atoms with E-state index in [1.54, 1.807) is 7.11 Å². The molecule has 2 aromatic rings. The van der Waals surface area contributed by atoms with Crippen molar-refractivity contribution in [2.75, 3.05) is 19.0 Å². The Morgan fingerprint density at radius 2 is 2.10 bits per heavy atom. The molecule has 0 aliphatic carbocycles. The Morgan fingerprint density at radius 1 is 1.38 bits per heavy atom. The number of nitrogens with zero attached hydrogens (tertiary/aromatic N) is 1. The summed E-state index contributed by atoms with van der Waals surface area (Å²) in [7, 11) is 1.64. The van der Waals surface area contributed by atoms with E-state index in [9.17, 15) is 4.79 Å². The smallest absolute Gasteiger partial charge is 0.226 e. The minimum absolute atomic E-state index is 0.0459. The molecule has 0 saturated carbocycles. The lowest BCUT2D eigenvalue weighted by molar-refractivity contribution is -0.116. The Kier molecular flexibility index (Phi) is 5.30. The van der Waals surface area contributed by atoms with Gasteiger partial charge in [-0.25, -0.2) is 4.98 Å². The summed E-state index contributed by atoms with van der Waals surface area (Å²) in [5, 5.41) is 3.44. The van der Waals surface area contributed by atoms with Crippen molar-refractivity contribution in [1.82, 2.24) is 4.98 Å². The van der Waals surface area contributed by atoms with Gasteiger partial charge in [0.1, 0.15) is 5.75 Å². The summed E-state index contributed by atoms with van der Waals surface area (Å²) in [6.07, 6.45) is 1.11. The number of carbonyl (C=O) groups is 1. The van der Waals surface area contributed by atoms with Gasteiger partial charge in [-0.15, -0.1) is 11.3 Å². The lowest BCUT2D eigenvalue weighted by atomic mass is 10.1. The number of hydrogen-bond acceptors (Lipinski definition) is 5. The molecular formula is C15H19N3O2S. The highest BCUT2D eigenvalue weighted by Crippen LogP contribution is 2.31. The number of anilines is 1. The van der Waals surface area contributed by atoms with Crippen LogP contribution in [-0.2, 0) is 4.79 Å². The zero-order chi connectivity index (χ0) is 15.2. The van der Waals surface area contributed by atoms with Crippen LogP contribution in [0.2, 0.25) is 0 Å². The molecule has 1 aromatic heterocycles. The zero-order valence-electron chi connectivity index (χ0n) is 12.2. The van der Waals surface area contributed by atoms with E-state index >= 15 is 0 Å². The summed E-state index contributed by atoms with van der Waals surface area (Å²) in [6.45, 7) is 2.51. The van der Waals surface area contributed by atoms with Gasteiger partial charge in [0.15, 0.2) is 5.13 Å². The molecule has 1 heterocycles. The number of benzene rings is 1. The van der Waals surface area contributed by atoms with Gasteiger partial charge in [-0.1, -0.05) is 0 Å². The molecule has 0 atom stereocenters. The SMILES string of the molecule is COc1ccc(-c2nc(NC(=O)CCCN)sc2C)cc1. The standard InChI is InChI=1S/C15H19N3O2S/c1-10-14(11-5-7-12(20-2)8-6-11)18-15(21-10)17-13(19)4-3-9-16/h5-8H,3-4,9,16H2,1-2H3,(H,17,18,19). The lowest BCUT2D eigenvalue weighted by Gasteiger charge is -2.02. The third-order valence-corrected chi connectivity index (χ3v) is 3.90. The maximum absolute atomic E-state index is 11.7. The Morgan fingerprint density at radius 3 is 2.71 bits per heavy atom. The molecule has 5 nitrogen and oxygen atoms in total. The molecule has 1 amide bonds. The van der Waals surface area contributed by atoms with E-state index in [0.29, 0.717) is 24.5 Å². The van der Waals surface area contributed by atoms with Gasteiger partial charge in [-0.2, -0.15) is 0 Å². The Labute approximate surface area is 128 Å². The minimum atomic E-state index is -0.0459. The first-order valence-corrected chi connectivity index (χ1v) is 7.57. The Balaban J connectivity index is 2.12. The van der Waals surface area contributed by atoms with Gasteiger partial charge in [0.2, 0.25) is 5.91 Å². The topological polar surface area (TPSA) is 77.2 Å². The zero-order valence-corrected chi connectivity index (χ0v) is 13.0. The van der Waals surface area contributed by atoms with Crippen molar-refractivity contribution < 1.29 is 9.53 Å². The van der Waals surface area contributed by atoms with Crippen LogP contribution in [0.4, 0.5) is 5.13 Å². The second-order valence-corrected chi connectivity index (χ2v) is 5.80. The minimum Gasteiger partial charge on any atom is -0.497 e. The van der Waals surface area contributed by atoms with Gasteiger partial charge in [0.05, 0.1) is 12.8 Å². The molecule has 0 aliphatic rings. The fourth-order valence-electron chi connectivity index (χ4n) is 1.91. The fraction of sp³-hybridized carbons (Fsp3) is 0.333. The highest BCUT2D eigenvalue weighted by atomic mass is 32.1. The second kappa shape index (κ2) is 7.19. The van der Waals surface area contributed by atoms with Crippen LogP contribution in [0.25, 0.3) is 11.3 Å². The second-order valence-electron chi connectivity index (χ2n) is 4.59. The molecular weight excluding hydrogens is 286 g/mol. The molecule has 0 unspecified atom stereocenters. The van der Waals surface area contributed by atoms with Crippen molar-refractivity contribution in [1.29, 1.82) is 0 Å². The fourth-order valence-corrected chi connectivity index (χ4v) is 2.76. The van der Waals surface area contributed by atoms with E-state index in [0.717, 1.165) is 21.9 Å². The molecule has 0 spiro atoms. The predicted octanol–water partition coefficient (Wildman–Crippen LogP) is 2.80. The number of aromatic nitrogens is 1. The van der Waals surface area contributed by atoms with E-state index in [1.165, 1.54) is 11.3 Å². The van der Waals surface area contributed by atoms with Crippen LogP contribution in [0.15, 0.2) is 24.3 Å². The van der Waals surface area contributed by atoms with Gasteiger partial charge < -0.3 is 15.8 Å². The van der Waals surface area contributed by atoms with E-state index in [2.05, 4.69) is 10.3 Å². The number of carbonyl (C=O) groups excluding carboxylic acids is 1. The number of amides is 1. The van der Waals surface area contributed by atoms with Crippen LogP contribution in [0, 0.1) is 6.92 Å². The monoisotopic (exact) mass is 305 g/mol. The van der Waals surface area contributed by atoms with Crippen molar-refractivity contribution in [3.8, 4) is 17.0 Å². The number of ether oxygens (including phenoxy) is 1. The summed E-state index contributed by atoms with van der Waals surface area (Å²) in [6, 6.07) is 7.71. The van der Waals surface area contributed by atoms with Crippen LogP contribution < -0.4 is 15.8 Å². The van der Waals surface area contributed by atoms with Crippen molar-refractivity contribution in [2.24, 2.45) is 5.73 Å². The lowest BCUT2D eigenvalue weighted by Crippen LogP contribution is -2.13. The third kappa shape index (κ3) is 4.03. The molecule has 0 aliphatic heterocycles. The van der Waals surface area contributed by atoms with Crippen molar-refractivity contribution in [3.05, 3.63) is 29.1 Å². The molecule has 1 aromatic carbocycles. The molecule has 0 fully saturated rings. The molecule has 0 bridgehead atoms. The van der Waals surface area contributed by atoms with Crippen LogP contribution >= 0.6 is 11.3 Å². The normalized spacial score (nSPS) is 10.4. The van der Waals surface area contributed by atoms with E-state index in [-0.39, 0.29) is 5.91 Å². The van der Waals surface area contributed by atoms with E-state index in [4.69, 9.17) is 10.5 Å². The highest BCUT2D eigenvalue weighted by molar-refractivity contribution is 7.16. The summed E-state index contributed by atoms with van der Waals surface area (Å²) in [5.74, 6) is 0.762. The molecule has 3 N–H and O–H groups in total. The molecule has 6 heteroatoms. The number of nitrogens with one attached hydrogen (secondary N) is 1. The number of rotatable bonds is 6. The quantitative estimate of drug-likeness (QED) is 0.860. The van der Waals surface area contributed by atoms with Crippen molar-refractivity contribution in [2.45, 2.75) is 19.8 Å². The van der Waals surface area contributed by atoms with Crippen molar-refractivity contribution in [3.63, 3.8) is 0 Å². The average molecular weight is 305 g/mol. The van der Waals surface area contributed by atoms with Crippen molar-refractivity contribution >= 4 is 22.4 Å². The van der Waals surface area contributed by atoms with Gasteiger partial charge in [0, 0.05) is 16.9 Å². The van der Waals surface area contributed by atoms with Crippen LogP contribution in [0.1, 0.15) is 17.7 Å². The van der Waals surface area contributed by atoms with Gasteiger partial charge in [-0.05, 0) is 44.2 Å². The maximum atomic E-state index is 11.7. The number of aryl methyl sites for hydroxylation is 1. The highest BCUT2D eigenvalue weighted by Gasteiger charge is 2.12. The molecule has 0 radical (unpaired) electrons. The number of nitrogens with two attached hydrogens (primary N) is 1. The first-order chi connectivity index (χ1) is 10.1. The van der Waals surface area contributed by atoms with Crippen LogP contribution in [0.5, 0.6) is 5.75 Å². The first-order valence-electron chi connectivity index (χ1n) is 6.76. The summed E-state index contributed by atoms with van der Waals surface area (Å²) in [4.78, 5) is 17.3. The van der Waals surface area contributed by atoms with Crippen LogP contribution in [-0.4, -0.2) is 24.5 Å². The van der Waals surface area contributed by atoms with Gasteiger partial charge in [0.25, 0.3) is 0 Å². The third-order valence-electron chi connectivity index (χ3n) is 3.01. The predicted molar refractivity (Wildman–Crippen MR) is 85.8 cm³/mol. The summed E-state index contributed by atoms with van der Waals surface area (Å²) >= 11 is 1.48. The average Bonchev–Trinajstić information content (AvgIpc) is 2.85. The largest absolute Gasteiger partial charge is 0.497 e.